The van der Waals surface area contributed by atoms with Crippen molar-refractivity contribution in [1.82, 2.24) is 5.32 Å². The fourth-order valence-corrected chi connectivity index (χ4v) is 3.29. The number of nitrogens with one attached hydrogen (secondary N) is 1. The minimum Gasteiger partial charge on any atom is -0.383 e. The molecule has 0 fully saturated rings. The quantitative estimate of drug-likeness (QED) is 0.824. The van der Waals surface area contributed by atoms with Crippen LogP contribution < -0.4 is 5.32 Å². The number of carbonyl (C=O) groups excluding carboxylic acids is 1. The normalized spacial score (nSPS) is 15.5. The van der Waals surface area contributed by atoms with Crippen LogP contribution in [0, 0.1) is 6.92 Å². The van der Waals surface area contributed by atoms with Gasteiger partial charge in [0.2, 0.25) is 6.41 Å². The minimum atomic E-state index is -1.15. The summed E-state index contributed by atoms with van der Waals surface area (Å²) in [5, 5.41) is 15.6. The van der Waals surface area contributed by atoms with E-state index in [0.29, 0.717) is 6.41 Å². The number of aliphatic hydroxyl groups is 1. The van der Waals surface area contributed by atoms with E-state index in [9.17, 15) is 9.90 Å². The van der Waals surface area contributed by atoms with Crippen molar-refractivity contribution in [3.05, 3.63) is 57.8 Å². The molecule has 100 valence electrons. The van der Waals surface area contributed by atoms with Crippen LogP contribution in [0.5, 0.6) is 0 Å². The maximum absolute atomic E-state index is 10.9. The molecule has 1 amide bonds. The zero-order valence-corrected chi connectivity index (χ0v) is 11.8. The molecule has 0 spiro atoms. The molecule has 2 unspecified atom stereocenters. The molecule has 1 aromatic carbocycles. The second-order valence-corrected chi connectivity index (χ2v) is 5.65. The predicted molar refractivity (Wildman–Crippen MR) is 77.0 cm³/mol. The Morgan fingerprint density at radius 2 is 2.00 bits per heavy atom. The van der Waals surface area contributed by atoms with Gasteiger partial charge in [-0.2, -0.15) is 0 Å². The maximum Gasteiger partial charge on any atom is 0.207 e. The van der Waals surface area contributed by atoms with Gasteiger partial charge < -0.3 is 10.4 Å². The highest BCUT2D eigenvalue weighted by Gasteiger charge is 2.36. The summed E-state index contributed by atoms with van der Waals surface area (Å²) in [5.41, 5.74) is 0.695. The van der Waals surface area contributed by atoms with Gasteiger partial charge >= 0.3 is 0 Å². The van der Waals surface area contributed by atoms with Gasteiger partial charge in [0.1, 0.15) is 5.60 Å². The van der Waals surface area contributed by atoms with Crippen LogP contribution >= 0.6 is 11.3 Å². The molecule has 0 aliphatic rings. The average molecular weight is 275 g/mol. The van der Waals surface area contributed by atoms with Crippen molar-refractivity contribution < 1.29 is 9.90 Å². The first-order valence-corrected chi connectivity index (χ1v) is 6.97. The Bertz CT molecular complexity index is 548. The average Bonchev–Trinajstić information content (AvgIpc) is 2.83. The van der Waals surface area contributed by atoms with Gasteiger partial charge in [0, 0.05) is 4.88 Å². The molecule has 2 rings (SSSR count). The zero-order chi connectivity index (χ0) is 13.9. The van der Waals surface area contributed by atoms with E-state index in [1.54, 1.807) is 6.92 Å². The molecule has 19 heavy (non-hydrogen) atoms. The molecule has 4 heteroatoms. The summed E-state index contributed by atoms with van der Waals surface area (Å²) in [6.45, 7) is 3.70. The molecule has 0 aliphatic heterocycles. The van der Waals surface area contributed by atoms with Crippen LogP contribution in [-0.4, -0.2) is 11.5 Å². The molecular formula is C15H17NO2S. The highest BCUT2D eigenvalue weighted by atomic mass is 32.1. The van der Waals surface area contributed by atoms with E-state index in [4.69, 9.17) is 0 Å². The topological polar surface area (TPSA) is 49.3 Å². The van der Waals surface area contributed by atoms with Crippen molar-refractivity contribution in [2.75, 3.05) is 0 Å². The molecule has 0 bridgehead atoms. The summed E-state index contributed by atoms with van der Waals surface area (Å²) in [6.07, 6.45) is 0.640. The van der Waals surface area contributed by atoms with Crippen LogP contribution in [0.25, 0.3) is 0 Å². The zero-order valence-electron chi connectivity index (χ0n) is 11.0. The molecule has 0 saturated heterocycles. The number of hydrogen-bond donors (Lipinski definition) is 2. The second-order valence-electron chi connectivity index (χ2n) is 4.70. The van der Waals surface area contributed by atoms with Crippen LogP contribution in [0.3, 0.4) is 0 Å². The van der Waals surface area contributed by atoms with Gasteiger partial charge in [-0.05, 0) is 36.4 Å². The van der Waals surface area contributed by atoms with Gasteiger partial charge in [-0.3, -0.25) is 4.79 Å². The van der Waals surface area contributed by atoms with Gasteiger partial charge in [0.25, 0.3) is 0 Å². The van der Waals surface area contributed by atoms with E-state index in [2.05, 4.69) is 5.32 Å². The summed E-state index contributed by atoms with van der Waals surface area (Å²) in [7, 11) is 0. The molecular weight excluding hydrogens is 258 g/mol. The van der Waals surface area contributed by atoms with Crippen LogP contribution in [0.2, 0.25) is 0 Å². The summed E-state index contributed by atoms with van der Waals surface area (Å²) < 4.78 is 0. The standard InChI is InChI=1S/C15H17NO2S/c1-11-8-9-19-13(11)14(16-10-17)15(2,18)12-6-4-3-5-7-12/h3-10,14,18H,1-2H3,(H,16,17). The monoisotopic (exact) mass is 275 g/mol. The van der Waals surface area contributed by atoms with Gasteiger partial charge in [0.15, 0.2) is 0 Å². The number of hydrogen-bond acceptors (Lipinski definition) is 3. The van der Waals surface area contributed by atoms with E-state index in [0.717, 1.165) is 16.0 Å². The van der Waals surface area contributed by atoms with E-state index in [1.807, 2.05) is 48.7 Å². The number of amides is 1. The number of benzene rings is 1. The van der Waals surface area contributed by atoms with Gasteiger partial charge in [-0.1, -0.05) is 30.3 Å². The molecule has 0 saturated carbocycles. The third kappa shape index (κ3) is 2.69. The Kier molecular flexibility index (Phi) is 4.02. The molecule has 2 N–H and O–H groups in total. The van der Waals surface area contributed by atoms with Crippen LogP contribution in [0.1, 0.15) is 29.0 Å². The molecule has 2 atom stereocenters. The third-order valence-corrected chi connectivity index (χ3v) is 4.40. The van der Waals surface area contributed by atoms with Gasteiger partial charge in [0.05, 0.1) is 6.04 Å². The van der Waals surface area contributed by atoms with E-state index in [1.165, 1.54) is 11.3 Å². The van der Waals surface area contributed by atoms with Crippen molar-refractivity contribution in [1.29, 1.82) is 0 Å². The molecule has 3 nitrogen and oxygen atoms in total. The fraction of sp³-hybridized carbons (Fsp3) is 0.267. The lowest BCUT2D eigenvalue weighted by atomic mass is 9.86. The van der Waals surface area contributed by atoms with Crippen molar-refractivity contribution >= 4 is 17.7 Å². The minimum absolute atomic E-state index is 0.451. The van der Waals surface area contributed by atoms with E-state index < -0.39 is 11.6 Å². The van der Waals surface area contributed by atoms with Crippen LogP contribution in [-0.2, 0) is 10.4 Å². The van der Waals surface area contributed by atoms with Crippen molar-refractivity contribution in [2.45, 2.75) is 25.5 Å². The summed E-state index contributed by atoms with van der Waals surface area (Å²) in [4.78, 5) is 11.9. The lowest BCUT2D eigenvalue weighted by Crippen LogP contribution is -2.38. The SMILES string of the molecule is Cc1ccsc1C(NC=O)C(C)(O)c1ccccc1. The number of aryl methyl sites for hydroxylation is 1. The smallest absolute Gasteiger partial charge is 0.207 e. The highest BCUT2D eigenvalue weighted by molar-refractivity contribution is 7.10. The predicted octanol–water partition coefficient (Wildman–Crippen LogP) is 2.75. The number of thiophene rings is 1. The fourth-order valence-electron chi connectivity index (χ4n) is 2.18. The van der Waals surface area contributed by atoms with Gasteiger partial charge in [-0.25, -0.2) is 0 Å². The molecule has 2 aromatic rings. The highest BCUT2D eigenvalue weighted by Crippen LogP contribution is 2.38. The summed E-state index contributed by atoms with van der Waals surface area (Å²) >= 11 is 1.54. The first kappa shape index (κ1) is 13.8. The van der Waals surface area contributed by atoms with Gasteiger partial charge in [-0.15, -0.1) is 11.3 Å². The van der Waals surface area contributed by atoms with Crippen molar-refractivity contribution in [3.8, 4) is 0 Å². The maximum atomic E-state index is 10.9. The van der Waals surface area contributed by atoms with Crippen molar-refractivity contribution in [3.63, 3.8) is 0 Å². The molecule has 1 aromatic heterocycles. The largest absolute Gasteiger partial charge is 0.383 e. The Morgan fingerprint density at radius 1 is 1.32 bits per heavy atom. The Labute approximate surface area is 116 Å². The molecule has 0 radical (unpaired) electrons. The van der Waals surface area contributed by atoms with E-state index >= 15 is 0 Å². The summed E-state index contributed by atoms with van der Waals surface area (Å²) in [5.74, 6) is 0. The summed E-state index contributed by atoms with van der Waals surface area (Å²) in [6, 6.07) is 10.9. The number of rotatable bonds is 5. The Hall–Kier alpha value is -1.65. The Morgan fingerprint density at radius 3 is 2.53 bits per heavy atom. The second kappa shape index (κ2) is 5.55. The van der Waals surface area contributed by atoms with E-state index in [-0.39, 0.29) is 0 Å². The van der Waals surface area contributed by atoms with Crippen LogP contribution in [0.15, 0.2) is 41.8 Å². The number of carbonyl (C=O) groups is 1. The van der Waals surface area contributed by atoms with Crippen molar-refractivity contribution in [2.24, 2.45) is 0 Å². The first-order chi connectivity index (χ1) is 9.07. The van der Waals surface area contributed by atoms with Crippen LogP contribution in [0.4, 0.5) is 0 Å². The molecule has 1 heterocycles. The third-order valence-electron chi connectivity index (χ3n) is 3.32. The first-order valence-electron chi connectivity index (χ1n) is 6.09. The lowest BCUT2D eigenvalue weighted by Gasteiger charge is -2.33. The molecule has 0 aliphatic carbocycles. The lowest BCUT2D eigenvalue weighted by molar-refractivity contribution is -0.112. The Balaban J connectivity index is 2.44.